The lowest BCUT2D eigenvalue weighted by Gasteiger charge is -2.21. The molecule has 0 amide bonds. The van der Waals surface area contributed by atoms with Gasteiger partial charge in [0.05, 0.1) is 6.61 Å². The van der Waals surface area contributed by atoms with Gasteiger partial charge in [-0.25, -0.2) is 0 Å². The van der Waals surface area contributed by atoms with Gasteiger partial charge in [0, 0.05) is 16.1 Å². The van der Waals surface area contributed by atoms with Crippen LogP contribution in [-0.2, 0) is 0 Å². The Bertz CT molecular complexity index is 390. The zero-order valence-electron chi connectivity index (χ0n) is 11.2. The predicted octanol–water partition coefficient (Wildman–Crippen LogP) is 4.30. The van der Waals surface area contributed by atoms with E-state index in [1.54, 1.807) is 0 Å². The molecule has 1 saturated carbocycles. The summed E-state index contributed by atoms with van der Waals surface area (Å²) in [4.78, 5) is 0. The van der Waals surface area contributed by atoms with Crippen LogP contribution in [0.4, 0.5) is 0 Å². The number of hydrogen-bond acceptors (Lipinski definition) is 2. The molecule has 0 saturated heterocycles. The van der Waals surface area contributed by atoms with Gasteiger partial charge in [-0.2, -0.15) is 0 Å². The molecule has 0 bridgehead atoms. The van der Waals surface area contributed by atoms with Crippen LogP contribution in [0.15, 0.2) is 22.7 Å². The van der Waals surface area contributed by atoms with Crippen LogP contribution in [0.5, 0.6) is 5.75 Å². The molecule has 3 heteroatoms. The molecule has 0 heterocycles. The van der Waals surface area contributed by atoms with Gasteiger partial charge < -0.3 is 10.1 Å². The Morgan fingerprint density at radius 3 is 2.78 bits per heavy atom. The largest absolute Gasteiger partial charge is 0.494 e. The van der Waals surface area contributed by atoms with Crippen LogP contribution in [0.3, 0.4) is 0 Å². The van der Waals surface area contributed by atoms with E-state index in [1.165, 1.54) is 24.8 Å². The molecule has 1 atom stereocenters. The second-order valence-corrected chi connectivity index (χ2v) is 5.80. The van der Waals surface area contributed by atoms with E-state index in [-0.39, 0.29) is 0 Å². The van der Waals surface area contributed by atoms with Crippen LogP contribution < -0.4 is 10.1 Å². The molecule has 1 aromatic carbocycles. The molecule has 0 spiro atoms. The van der Waals surface area contributed by atoms with Gasteiger partial charge in [0.15, 0.2) is 0 Å². The fourth-order valence-corrected chi connectivity index (χ4v) is 2.69. The van der Waals surface area contributed by atoms with Crippen molar-refractivity contribution in [2.45, 2.75) is 39.2 Å². The van der Waals surface area contributed by atoms with Gasteiger partial charge >= 0.3 is 0 Å². The molecule has 2 rings (SSSR count). The van der Waals surface area contributed by atoms with Crippen LogP contribution in [0.25, 0.3) is 0 Å². The summed E-state index contributed by atoms with van der Waals surface area (Å²) in [6.07, 6.45) is 3.83. The summed E-state index contributed by atoms with van der Waals surface area (Å²) >= 11 is 3.57. The van der Waals surface area contributed by atoms with Crippen molar-refractivity contribution in [3.8, 4) is 5.75 Å². The van der Waals surface area contributed by atoms with Gasteiger partial charge in [0.2, 0.25) is 0 Å². The van der Waals surface area contributed by atoms with Gasteiger partial charge in [-0.3, -0.25) is 0 Å². The van der Waals surface area contributed by atoms with Crippen LogP contribution >= 0.6 is 15.9 Å². The molecule has 0 aliphatic heterocycles. The van der Waals surface area contributed by atoms with Gasteiger partial charge in [-0.05, 0) is 56.8 Å². The number of benzene rings is 1. The average molecular weight is 312 g/mol. The fourth-order valence-electron chi connectivity index (χ4n) is 2.31. The molecule has 1 unspecified atom stereocenters. The number of rotatable bonds is 7. The monoisotopic (exact) mass is 311 g/mol. The van der Waals surface area contributed by atoms with Crippen molar-refractivity contribution < 1.29 is 4.74 Å². The standard InChI is InChI=1S/C15H22BrNO/c1-3-9-17-15(11-5-6-11)13-10-12(16)7-8-14(13)18-4-2/h7-8,10-11,15,17H,3-6,9H2,1-2H3. The summed E-state index contributed by atoms with van der Waals surface area (Å²) in [6.45, 7) is 6.04. The maximum absolute atomic E-state index is 5.77. The lowest BCUT2D eigenvalue weighted by atomic mass is 10.0. The zero-order chi connectivity index (χ0) is 13.0. The molecular formula is C15H22BrNO. The maximum Gasteiger partial charge on any atom is 0.124 e. The zero-order valence-corrected chi connectivity index (χ0v) is 12.8. The van der Waals surface area contributed by atoms with Crippen molar-refractivity contribution in [2.75, 3.05) is 13.2 Å². The van der Waals surface area contributed by atoms with Crippen molar-refractivity contribution in [3.63, 3.8) is 0 Å². The van der Waals surface area contributed by atoms with E-state index in [0.717, 1.165) is 29.3 Å². The summed E-state index contributed by atoms with van der Waals surface area (Å²) in [5, 5.41) is 3.67. The van der Waals surface area contributed by atoms with E-state index in [2.05, 4.69) is 46.4 Å². The molecule has 0 aromatic heterocycles. The highest BCUT2D eigenvalue weighted by Gasteiger charge is 2.33. The quantitative estimate of drug-likeness (QED) is 0.810. The van der Waals surface area contributed by atoms with E-state index >= 15 is 0 Å². The summed E-state index contributed by atoms with van der Waals surface area (Å²) < 4.78 is 6.90. The fraction of sp³-hybridized carbons (Fsp3) is 0.600. The van der Waals surface area contributed by atoms with Crippen LogP contribution in [0.2, 0.25) is 0 Å². The highest BCUT2D eigenvalue weighted by Crippen LogP contribution is 2.44. The van der Waals surface area contributed by atoms with Gasteiger partial charge in [-0.15, -0.1) is 0 Å². The van der Waals surface area contributed by atoms with Crippen molar-refractivity contribution in [3.05, 3.63) is 28.2 Å². The first kappa shape index (κ1) is 13.9. The Morgan fingerprint density at radius 2 is 2.17 bits per heavy atom. The van der Waals surface area contributed by atoms with E-state index in [0.29, 0.717) is 6.04 Å². The minimum atomic E-state index is 0.448. The molecular weight excluding hydrogens is 290 g/mol. The average Bonchev–Trinajstić information content (AvgIpc) is 3.17. The first-order chi connectivity index (χ1) is 8.76. The molecule has 18 heavy (non-hydrogen) atoms. The number of nitrogens with one attached hydrogen (secondary N) is 1. The van der Waals surface area contributed by atoms with Crippen molar-refractivity contribution in [1.29, 1.82) is 0 Å². The number of hydrogen-bond donors (Lipinski definition) is 1. The Morgan fingerprint density at radius 1 is 1.39 bits per heavy atom. The predicted molar refractivity (Wildman–Crippen MR) is 79.1 cm³/mol. The van der Waals surface area contributed by atoms with Gasteiger partial charge in [0.1, 0.15) is 5.75 Å². The van der Waals surface area contributed by atoms with Crippen LogP contribution in [0, 0.1) is 5.92 Å². The van der Waals surface area contributed by atoms with Gasteiger partial charge in [0.25, 0.3) is 0 Å². The second kappa shape index (κ2) is 6.58. The molecule has 1 aromatic rings. The van der Waals surface area contributed by atoms with Crippen molar-refractivity contribution in [1.82, 2.24) is 5.32 Å². The molecule has 1 fully saturated rings. The third kappa shape index (κ3) is 3.48. The van der Waals surface area contributed by atoms with E-state index < -0.39 is 0 Å². The second-order valence-electron chi connectivity index (χ2n) is 4.88. The lowest BCUT2D eigenvalue weighted by molar-refractivity contribution is 0.328. The van der Waals surface area contributed by atoms with E-state index in [1.807, 2.05) is 6.92 Å². The number of halogens is 1. The summed E-state index contributed by atoms with van der Waals surface area (Å²) in [5.74, 6) is 1.81. The highest BCUT2D eigenvalue weighted by atomic mass is 79.9. The van der Waals surface area contributed by atoms with Gasteiger partial charge in [-0.1, -0.05) is 22.9 Å². The van der Waals surface area contributed by atoms with E-state index in [9.17, 15) is 0 Å². The normalized spacial score (nSPS) is 16.6. The van der Waals surface area contributed by atoms with Crippen LogP contribution in [-0.4, -0.2) is 13.2 Å². The summed E-state index contributed by atoms with van der Waals surface area (Å²) in [6, 6.07) is 6.78. The third-order valence-electron chi connectivity index (χ3n) is 3.31. The Kier molecular flexibility index (Phi) is 5.07. The summed E-state index contributed by atoms with van der Waals surface area (Å²) in [7, 11) is 0. The van der Waals surface area contributed by atoms with Crippen molar-refractivity contribution in [2.24, 2.45) is 5.92 Å². The van der Waals surface area contributed by atoms with Crippen LogP contribution in [0.1, 0.15) is 44.7 Å². The first-order valence-corrected chi connectivity index (χ1v) is 7.71. The lowest BCUT2D eigenvalue weighted by Crippen LogP contribution is -2.24. The van der Waals surface area contributed by atoms with E-state index in [4.69, 9.17) is 4.74 Å². The Balaban J connectivity index is 2.23. The molecule has 1 aliphatic carbocycles. The molecule has 1 aliphatic rings. The Hall–Kier alpha value is -0.540. The third-order valence-corrected chi connectivity index (χ3v) is 3.81. The maximum atomic E-state index is 5.77. The number of ether oxygens (including phenoxy) is 1. The highest BCUT2D eigenvalue weighted by molar-refractivity contribution is 9.10. The van der Waals surface area contributed by atoms with Crippen molar-refractivity contribution >= 4 is 15.9 Å². The molecule has 2 nitrogen and oxygen atoms in total. The minimum Gasteiger partial charge on any atom is -0.494 e. The Labute approximate surface area is 118 Å². The topological polar surface area (TPSA) is 21.3 Å². The first-order valence-electron chi connectivity index (χ1n) is 6.91. The smallest absolute Gasteiger partial charge is 0.124 e. The summed E-state index contributed by atoms with van der Waals surface area (Å²) in [5.41, 5.74) is 1.31. The SMILES string of the molecule is CCCNC(c1cc(Br)ccc1OCC)C1CC1. The molecule has 100 valence electrons. The molecule has 1 N–H and O–H groups in total. The molecule has 0 radical (unpaired) electrons. The minimum absolute atomic E-state index is 0.448.